The fourth-order valence-electron chi connectivity index (χ4n) is 2.68. The molecule has 1 fully saturated rings. The van der Waals surface area contributed by atoms with Crippen molar-refractivity contribution in [2.45, 2.75) is 19.9 Å². The first-order valence-corrected chi connectivity index (χ1v) is 6.82. The number of carbonyl (C=O) groups is 3. The lowest BCUT2D eigenvalue weighted by Crippen LogP contribution is -2.36. The van der Waals surface area contributed by atoms with E-state index in [4.69, 9.17) is 0 Å². The molecule has 0 spiro atoms. The minimum absolute atomic E-state index is 0.0582. The van der Waals surface area contributed by atoms with Gasteiger partial charge >= 0.3 is 5.97 Å². The maximum atomic E-state index is 12.6. The summed E-state index contributed by atoms with van der Waals surface area (Å²) >= 11 is 0. The summed E-state index contributed by atoms with van der Waals surface area (Å²) in [6.45, 7) is 3.86. The molecular weight excluding hydrogens is 286 g/mol. The third kappa shape index (κ3) is 1.89. The van der Waals surface area contributed by atoms with Crippen LogP contribution in [0, 0.1) is 19.8 Å². The molecule has 2 atom stereocenters. The zero-order valence-electron chi connectivity index (χ0n) is 12.4. The third-order valence-electron chi connectivity index (χ3n) is 4.07. The number of nitrogens with zero attached hydrogens (tertiary/aromatic N) is 2. The SMILES string of the molecule is COC(=O)C1=NN[C@H]2C(=O)N(c3ccc(C)c(C)c3)C(=O)[C@H]12. The number of carbonyl (C=O) groups excluding carboxylic acids is 3. The van der Waals surface area contributed by atoms with Gasteiger partial charge in [-0.05, 0) is 37.1 Å². The minimum atomic E-state index is -0.929. The Morgan fingerprint density at radius 3 is 2.59 bits per heavy atom. The van der Waals surface area contributed by atoms with Crippen LogP contribution in [-0.4, -0.2) is 36.6 Å². The Bertz CT molecular complexity index is 725. The van der Waals surface area contributed by atoms with Crippen LogP contribution in [0.2, 0.25) is 0 Å². The van der Waals surface area contributed by atoms with Gasteiger partial charge in [-0.15, -0.1) is 0 Å². The molecule has 0 unspecified atom stereocenters. The molecule has 0 aliphatic carbocycles. The highest BCUT2D eigenvalue weighted by Gasteiger charge is 2.55. The van der Waals surface area contributed by atoms with Crippen molar-refractivity contribution in [2.75, 3.05) is 12.0 Å². The maximum Gasteiger partial charge on any atom is 0.355 e. The molecule has 2 heterocycles. The normalized spacial score (nSPS) is 23.2. The van der Waals surface area contributed by atoms with Gasteiger partial charge in [-0.25, -0.2) is 9.69 Å². The van der Waals surface area contributed by atoms with Gasteiger partial charge in [-0.3, -0.25) is 15.0 Å². The molecule has 0 bridgehead atoms. The maximum absolute atomic E-state index is 12.6. The second-order valence-corrected chi connectivity index (χ2v) is 5.35. The molecule has 1 aromatic carbocycles. The topological polar surface area (TPSA) is 88.1 Å². The smallest absolute Gasteiger partial charge is 0.355 e. The highest BCUT2D eigenvalue weighted by molar-refractivity contribution is 6.46. The van der Waals surface area contributed by atoms with Crippen molar-refractivity contribution in [3.63, 3.8) is 0 Å². The van der Waals surface area contributed by atoms with E-state index in [1.807, 2.05) is 19.9 Å². The van der Waals surface area contributed by atoms with Crippen LogP contribution in [0.4, 0.5) is 5.69 Å². The van der Waals surface area contributed by atoms with Crippen molar-refractivity contribution in [3.8, 4) is 0 Å². The van der Waals surface area contributed by atoms with Crippen LogP contribution in [-0.2, 0) is 19.1 Å². The van der Waals surface area contributed by atoms with Gasteiger partial charge in [-0.2, -0.15) is 5.10 Å². The minimum Gasteiger partial charge on any atom is -0.464 e. The van der Waals surface area contributed by atoms with Gasteiger partial charge in [0.05, 0.1) is 12.8 Å². The molecule has 22 heavy (non-hydrogen) atoms. The number of methoxy groups -OCH3 is 1. The van der Waals surface area contributed by atoms with E-state index in [1.165, 1.54) is 7.11 Å². The van der Waals surface area contributed by atoms with E-state index in [9.17, 15) is 14.4 Å². The van der Waals surface area contributed by atoms with Crippen LogP contribution in [0.5, 0.6) is 0 Å². The number of amides is 2. The van der Waals surface area contributed by atoms with E-state index in [0.29, 0.717) is 5.69 Å². The average molecular weight is 301 g/mol. The number of hydrogen-bond donors (Lipinski definition) is 1. The van der Waals surface area contributed by atoms with Crippen LogP contribution in [0.15, 0.2) is 23.3 Å². The molecule has 1 N–H and O–H groups in total. The molecule has 2 amide bonds. The predicted octanol–water partition coefficient (Wildman–Crippen LogP) is 0.294. The molecule has 0 saturated carbocycles. The van der Waals surface area contributed by atoms with E-state index in [0.717, 1.165) is 16.0 Å². The molecule has 7 nitrogen and oxygen atoms in total. The van der Waals surface area contributed by atoms with Gasteiger partial charge in [0.15, 0.2) is 5.71 Å². The third-order valence-corrected chi connectivity index (χ3v) is 4.07. The standard InChI is InChI=1S/C15H15N3O4/c1-7-4-5-9(6-8(7)2)18-13(19)10-11(14(18)20)16-17-12(10)15(21)22-3/h4-6,10-11,16H,1-3H3/t10-,11+/m0/s1. The lowest BCUT2D eigenvalue weighted by molar-refractivity contribution is -0.133. The number of anilines is 1. The highest BCUT2D eigenvalue weighted by atomic mass is 16.5. The van der Waals surface area contributed by atoms with Gasteiger partial charge in [0.25, 0.3) is 5.91 Å². The first-order valence-electron chi connectivity index (χ1n) is 6.82. The van der Waals surface area contributed by atoms with Crippen LogP contribution in [0.1, 0.15) is 11.1 Å². The number of ether oxygens (including phenoxy) is 1. The van der Waals surface area contributed by atoms with Crippen molar-refractivity contribution in [1.82, 2.24) is 5.43 Å². The van der Waals surface area contributed by atoms with Crippen molar-refractivity contribution >= 4 is 29.2 Å². The van der Waals surface area contributed by atoms with Gasteiger partial charge in [0.1, 0.15) is 12.0 Å². The van der Waals surface area contributed by atoms with Gasteiger partial charge in [0.2, 0.25) is 5.91 Å². The van der Waals surface area contributed by atoms with Crippen molar-refractivity contribution < 1.29 is 19.1 Å². The molecule has 114 valence electrons. The quantitative estimate of drug-likeness (QED) is 0.627. The van der Waals surface area contributed by atoms with Gasteiger partial charge in [-0.1, -0.05) is 6.07 Å². The molecule has 2 aliphatic rings. The number of hydrogen-bond acceptors (Lipinski definition) is 6. The molecule has 1 aromatic rings. The first kappa shape index (κ1) is 14.2. The number of benzene rings is 1. The number of rotatable bonds is 2. The molecule has 3 rings (SSSR count). The Kier molecular flexibility index (Phi) is 3.20. The summed E-state index contributed by atoms with van der Waals surface area (Å²) in [5, 5.41) is 3.78. The largest absolute Gasteiger partial charge is 0.464 e. The summed E-state index contributed by atoms with van der Waals surface area (Å²) < 4.78 is 4.61. The van der Waals surface area contributed by atoms with Crippen molar-refractivity contribution in [3.05, 3.63) is 29.3 Å². The molecule has 1 saturated heterocycles. The van der Waals surface area contributed by atoms with E-state index < -0.39 is 29.7 Å². The Balaban J connectivity index is 1.98. The summed E-state index contributed by atoms with van der Waals surface area (Å²) in [5.41, 5.74) is 5.05. The van der Waals surface area contributed by atoms with Crippen LogP contribution >= 0.6 is 0 Å². The molecule has 7 heteroatoms. The number of esters is 1. The summed E-state index contributed by atoms with van der Waals surface area (Å²) in [6.07, 6.45) is 0. The zero-order chi connectivity index (χ0) is 16.0. The second-order valence-electron chi connectivity index (χ2n) is 5.35. The number of hydrazone groups is 1. The summed E-state index contributed by atoms with van der Waals surface area (Å²) in [6, 6.07) is 4.50. The van der Waals surface area contributed by atoms with Crippen LogP contribution in [0.25, 0.3) is 0 Å². The average Bonchev–Trinajstić information content (AvgIpc) is 3.03. The summed E-state index contributed by atoms with van der Waals surface area (Å²) in [4.78, 5) is 37.8. The molecule has 0 radical (unpaired) electrons. The van der Waals surface area contributed by atoms with Gasteiger partial charge in [0, 0.05) is 0 Å². The van der Waals surface area contributed by atoms with Crippen LogP contribution < -0.4 is 10.3 Å². The predicted molar refractivity (Wildman–Crippen MR) is 78.3 cm³/mol. The summed E-state index contributed by atoms with van der Waals surface area (Å²) in [7, 11) is 1.21. The zero-order valence-corrected chi connectivity index (χ0v) is 12.4. The molecule has 2 aliphatic heterocycles. The van der Waals surface area contributed by atoms with Gasteiger partial charge < -0.3 is 4.74 Å². The Labute approximate surface area is 126 Å². The lowest BCUT2D eigenvalue weighted by Gasteiger charge is -2.16. The second kappa shape index (κ2) is 4.94. The number of imide groups is 1. The molecule has 0 aromatic heterocycles. The molecular formula is C15H15N3O4. The van der Waals surface area contributed by atoms with E-state index in [2.05, 4.69) is 15.3 Å². The van der Waals surface area contributed by atoms with Crippen molar-refractivity contribution in [2.24, 2.45) is 11.0 Å². The van der Waals surface area contributed by atoms with E-state index in [1.54, 1.807) is 12.1 Å². The number of fused-ring (bicyclic) bond motifs is 1. The lowest BCUT2D eigenvalue weighted by atomic mass is 9.99. The van der Waals surface area contributed by atoms with Crippen LogP contribution in [0.3, 0.4) is 0 Å². The summed E-state index contributed by atoms with van der Waals surface area (Å²) in [5.74, 6) is -2.52. The Hall–Kier alpha value is -2.70. The monoisotopic (exact) mass is 301 g/mol. The van der Waals surface area contributed by atoms with E-state index in [-0.39, 0.29) is 5.71 Å². The highest BCUT2D eigenvalue weighted by Crippen LogP contribution is 2.31. The first-order chi connectivity index (χ1) is 10.5. The number of nitrogens with one attached hydrogen (secondary N) is 1. The Morgan fingerprint density at radius 1 is 1.23 bits per heavy atom. The fraction of sp³-hybridized carbons (Fsp3) is 0.333. The van der Waals surface area contributed by atoms with E-state index >= 15 is 0 Å². The fourth-order valence-corrected chi connectivity index (χ4v) is 2.68. The number of aryl methyl sites for hydroxylation is 2. The van der Waals surface area contributed by atoms with Crippen molar-refractivity contribution in [1.29, 1.82) is 0 Å². The Morgan fingerprint density at radius 2 is 1.95 bits per heavy atom.